The third kappa shape index (κ3) is 6.93. The molecule has 0 spiro atoms. The first-order chi connectivity index (χ1) is 9.63. The summed E-state index contributed by atoms with van der Waals surface area (Å²) in [7, 11) is 1.38. The van der Waals surface area contributed by atoms with E-state index in [1.54, 1.807) is 0 Å². The Labute approximate surface area is 124 Å². The second-order valence-electron chi connectivity index (χ2n) is 4.62. The van der Waals surface area contributed by atoms with Gasteiger partial charge in [0.1, 0.15) is 0 Å². The fraction of sp³-hybridized carbons (Fsp3) is 0.533. The zero-order chi connectivity index (χ0) is 14.8. The maximum absolute atomic E-state index is 11.2. The van der Waals surface area contributed by atoms with Gasteiger partial charge in [0.15, 0.2) is 0 Å². The van der Waals surface area contributed by atoms with Gasteiger partial charge in [0.25, 0.3) is 0 Å². The Bertz CT molecular complexity index is 383. The van der Waals surface area contributed by atoms with Crippen LogP contribution in [0.3, 0.4) is 0 Å². The fourth-order valence-corrected chi connectivity index (χ4v) is 2.58. The standard InChI is InChI=1S/C15H22O4S/c1-12(15(17)18-2)10-20-11-14(16)9-19-8-13-6-4-3-5-7-13/h3-7,12,14,16H,8-11H2,1-2H3. The van der Waals surface area contributed by atoms with Gasteiger partial charge in [0.2, 0.25) is 0 Å². The highest BCUT2D eigenvalue weighted by atomic mass is 32.2. The number of aliphatic hydroxyl groups excluding tert-OH is 1. The minimum atomic E-state index is -0.520. The summed E-state index contributed by atoms with van der Waals surface area (Å²) in [5.74, 6) is 0.827. The number of aliphatic hydroxyl groups is 1. The van der Waals surface area contributed by atoms with E-state index in [9.17, 15) is 9.90 Å². The maximum Gasteiger partial charge on any atom is 0.309 e. The Morgan fingerprint density at radius 2 is 2.00 bits per heavy atom. The molecular formula is C15H22O4S. The highest BCUT2D eigenvalue weighted by molar-refractivity contribution is 7.99. The van der Waals surface area contributed by atoms with Crippen LogP contribution < -0.4 is 0 Å². The van der Waals surface area contributed by atoms with Crippen LogP contribution in [0.1, 0.15) is 12.5 Å². The van der Waals surface area contributed by atoms with Crippen molar-refractivity contribution >= 4 is 17.7 Å². The van der Waals surface area contributed by atoms with Crippen molar-refractivity contribution in [1.29, 1.82) is 0 Å². The van der Waals surface area contributed by atoms with Gasteiger partial charge in [0, 0.05) is 11.5 Å². The van der Waals surface area contributed by atoms with Crippen LogP contribution in [0.4, 0.5) is 0 Å². The molecule has 0 fully saturated rings. The summed E-state index contributed by atoms with van der Waals surface area (Å²) in [5.41, 5.74) is 1.09. The molecule has 0 bridgehead atoms. The first-order valence-electron chi connectivity index (χ1n) is 6.58. The lowest BCUT2D eigenvalue weighted by Crippen LogP contribution is -2.20. The number of ether oxygens (including phenoxy) is 2. The lowest BCUT2D eigenvalue weighted by atomic mass is 10.2. The van der Waals surface area contributed by atoms with E-state index >= 15 is 0 Å². The van der Waals surface area contributed by atoms with E-state index in [0.717, 1.165) is 5.56 Å². The predicted molar refractivity (Wildman–Crippen MR) is 80.6 cm³/mol. The van der Waals surface area contributed by atoms with Crippen LogP contribution in [0.15, 0.2) is 30.3 Å². The molecule has 0 aliphatic carbocycles. The van der Waals surface area contributed by atoms with Gasteiger partial charge >= 0.3 is 5.97 Å². The molecule has 20 heavy (non-hydrogen) atoms. The number of esters is 1. The lowest BCUT2D eigenvalue weighted by Gasteiger charge is -2.13. The van der Waals surface area contributed by atoms with E-state index in [0.29, 0.717) is 24.7 Å². The number of rotatable bonds is 9. The van der Waals surface area contributed by atoms with E-state index in [1.165, 1.54) is 18.9 Å². The molecule has 0 amide bonds. The van der Waals surface area contributed by atoms with Gasteiger partial charge in [-0.2, -0.15) is 11.8 Å². The minimum absolute atomic E-state index is 0.151. The SMILES string of the molecule is COC(=O)C(C)CSCC(O)COCc1ccccc1. The summed E-state index contributed by atoms with van der Waals surface area (Å²) in [6.45, 7) is 2.62. The molecule has 5 heteroatoms. The van der Waals surface area contributed by atoms with Crippen molar-refractivity contribution in [2.24, 2.45) is 5.92 Å². The number of benzene rings is 1. The summed E-state index contributed by atoms with van der Waals surface area (Å²) in [6, 6.07) is 9.84. The molecule has 0 saturated heterocycles. The van der Waals surface area contributed by atoms with Crippen molar-refractivity contribution in [1.82, 2.24) is 0 Å². The summed E-state index contributed by atoms with van der Waals surface area (Å²) in [5, 5.41) is 9.77. The van der Waals surface area contributed by atoms with Crippen LogP contribution in [0, 0.1) is 5.92 Å². The van der Waals surface area contributed by atoms with Crippen molar-refractivity contribution in [3.63, 3.8) is 0 Å². The Hall–Kier alpha value is -1.04. The number of methoxy groups -OCH3 is 1. The third-order valence-corrected chi connectivity index (χ3v) is 4.06. The Kier molecular flexibility index (Phi) is 8.34. The molecule has 1 rings (SSSR count). The molecule has 1 aromatic rings. The molecular weight excluding hydrogens is 276 g/mol. The molecule has 4 nitrogen and oxygen atoms in total. The first-order valence-corrected chi connectivity index (χ1v) is 7.74. The quantitative estimate of drug-likeness (QED) is 0.708. The number of carbonyl (C=O) groups is 1. The average molecular weight is 298 g/mol. The molecule has 1 aromatic carbocycles. The van der Waals surface area contributed by atoms with E-state index in [-0.39, 0.29) is 11.9 Å². The molecule has 0 radical (unpaired) electrons. The molecule has 0 saturated carbocycles. The van der Waals surface area contributed by atoms with Crippen LogP contribution in [0.5, 0.6) is 0 Å². The van der Waals surface area contributed by atoms with Gasteiger partial charge in [-0.25, -0.2) is 0 Å². The number of hydrogen-bond acceptors (Lipinski definition) is 5. The Balaban J connectivity index is 2.09. The first kappa shape index (κ1) is 17.0. The summed E-state index contributed by atoms with van der Waals surface area (Å²) in [6.07, 6.45) is -0.520. The zero-order valence-electron chi connectivity index (χ0n) is 12.0. The Morgan fingerprint density at radius 1 is 1.30 bits per heavy atom. The Morgan fingerprint density at radius 3 is 2.65 bits per heavy atom. The molecule has 2 unspecified atom stereocenters. The van der Waals surface area contributed by atoms with E-state index in [1.807, 2.05) is 37.3 Å². The smallest absolute Gasteiger partial charge is 0.309 e. The molecule has 0 aliphatic heterocycles. The molecule has 1 N–H and O–H groups in total. The second-order valence-corrected chi connectivity index (χ2v) is 5.69. The van der Waals surface area contributed by atoms with Gasteiger partial charge in [-0.1, -0.05) is 37.3 Å². The summed E-state index contributed by atoms with van der Waals surface area (Å²) in [4.78, 5) is 11.2. The van der Waals surface area contributed by atoms with Crippen LogP contribution >= 0.6 is 11.8 Å². The van der Waals surface area contributed by atoms with Crippen LogP contribution in [-0.2, 0) is 20.9 Å². The molecule has 112 valence electrons. The largest absolute Gasteiger partial charge is 0.469 e. The highest BCUT2D eigenvalue weighted by Crippen LogP contribution is 2.11. The van der Waals surface area contributed by atoms with Gasteiger partial charge < -0.3 is 14.6 Å². The topological polar surface area (TPSA) is 55.8 Å². The fourth-order valence-electron chi connectivity index (χ4n) is 1.59. The number of hydrogen-bond donors (Lipinski definition) is 1. The van der Waals surface area contributed by atoms with Crippen LogP contribution in [0.2, 0.25) is 0 Å². The lowest BCUT2D eigenvalue weighted by molar-refractivity contribution is -0.144. The van der Waals surface area contributed by atoms with Crippen LogP contribution in [0.25, 0.3) is 0 Å². The molecule has 0 aliphatic rings. The summed E-state index contributed by atoms with van der Waals surface area (Å²) >= 11 is 1.53. The summed E-state index contributed by atoms with van der Waals surface area (Å²) < 4.78 is 10.1. The van der Waals surface area contributed by atoms with Gasteiger partial charge in [-0.05, 0) is 5.56 Å². The highest BCUT2D eigenvalue weighted by Gasteiger charge is 2.14. The predicted octanol–water partition coefficient (Wildman–Crippen LogP) is 2.11. The number of thioether (sulfide) groups is 1. The molecule has 2 atom stereocenters. The van der Waals surface area contributed by atoms with Crippen molar-refractivity contribution in [3.05, 3.63) is 35.9 Å². The molecule has 0 aromatic heterocycles. The van der Waals surface area contributed by atoms with E-state index < -0.39 is 6.10 Å². The minimum Gasteiger partial charge on any atom is -0.469 e. The van der Waals surface area contributed by atoms with Crippen molar-refractivity contribution in [2.45, 2.75) is 19.6 Å². The van der Waals surface area contributed by atoms with Crippen molar-refractivity contribution in [3.8, 4) is 0 Å². The normalized spacial score (nSPS) is 13.8. The van der Waals surface area contributed by atoms with Gasteiger partial charge in [-0.3, -0.25) is 4.79 Å². The molecule has 0 heterocycles. The average Bonchev–Trinajstić information content (AvgIpc) is 2.47. The van der Waals surface area contributed by atoms with E-state index in [4.69, 9.17) is 4.74 Å². The third-order valence-electron chi connectivity index (χ3n) is 2.70. The zero-order valence-corrected chi connectivity index (χ0v) is 12.8. The number of carbonyl (C=O) groups excluding carboxylic acids is 1. The van der Waals surface area contributed by atoms with Crippen LogP contribution in [-0.4, -0.2) is 42.4 Å². The maximum atomic E-state index is 11.2. The van der Waals surface area contributed by atoms with Gasteiger partial charge in [-0.15, -0.1) is 0 Å². The van der Waals surface area contributed by atoms with Crippen molar-refractivity contribution < 1.29 is 19.4 Å². The van der Waals surface area contributed by atoms with E-state index in [2.05, 4.69) is 4.74 Å². The van der Waals surface area contributed by atoms with Crippen molar-refractivity contribution in [2.75, 3.05) is 25.2 Å². The monoisotopic (exact) mass is 298 g/mol. The second kappa shape index (κ2) is 9.80. The van der Waals surface area contributed by atoms with Gasteiger partial charge in [0.05, 0.1) is 32.3 Å².